The van der Waals surface area contributed by atoms with Crippen molar-refractivity contribution in [2.75, 3.05) is 39.9 Å². The lowest BCUT2D eigenvalue weighted by Crippen LogP contribution is -2.54. The Morgan fingerprint density at radius 1 is 1.21 bits per heavy atom. The van der Waals surface area contributed by atoms with Crippen LogP contribution in [0.15, 0.2) is 24.3 Å². The van der Waals surface area contributed by atoms with Crippen molar-refractivity contribution in [3.63, 3.8) is 0 Å². The number of benzene rings is 1. The first kappa shape index (κ1) is 25.5. The summed E-state index contributed by atoms with van der Waals surface area (Å²) in [5, 5.41) is 7.43. The van der Waals surface area contributed by atoms with E-state index in [1.165, 1.54) is 5.56 Å². The average molecular weight is 453 g/mol. The number of nitrogens with zero attached hydrogens (tertiary/aromatic N) is 1. The molecule has 0 aromatic heterocycles. The van der Waals surface area contributed by atoms with Crippen molar-refractivity contribution in [1.29, 1.82) is 0 Å². The third kappa shape index (κ3) is 6.75. The van der Waals surface area contributed by atoms with Crippen LogP contribution in [0.2, 0.25) is 5.02 Å². The molecule has 1 aromatic carbocycles. The zero-order valence-corrected chi connectivity index (χ0v) is 18.8. The molecular formula is C20H32Cl3N3O2. The number of ether oxygens (including phenoxy) is 1. The molecule has 2 saturated heterocycles. The number of halogens is 3. The third-order valence-corrected chi connectivity index (χ3v) is 5.96. The summed E-state index contributed by atoms with van der Waals surface area (Å²) in [6, 6.07) is 8.33. The molecular weight excluding hydrogens is 421 g/mol. The summed E-state index contributed by atoms with van der Waals surface area (Å²) < 4.78 is 5.38. The lowest BCUT2D eigenvalue weighted by atomic mass is 9.78. The molecule has 8 heteroatoms. The number of carbonyl (C=O) groups is 1. The Bertz CT molecular complexity index is 581. The molecule has 2 aliphatic heterocycles. The van der Waals surface area contributed by atoms with E-state index in [0.717, 1.165) is 63.4 Å². The van der Waals surface area contributed by atoms with Crippen molar-refractivity contribution in [3.8, 4) is 0 Å². The zero-order valence-electron chi connectivity index (χ0n) is 16.4. The van der Waals surface area contributed by atoms with Gasteiger partial charge in [-0.25, -0.2) is 0 Å². The maximum atomic E-state index is 12.9. The summed E-state index contributed by atoms with van der Waals surface area (Å²) >= 11 is 5.95. The molecule has 0 atom stereocenters. The van der Waals surface area contributed by atoms with E-state index in [1.54, 1.807) is 7.11 Å². The first-order valence-electron chi connectivity index (χ1n) is 9.59. The quantitative estimate of drug-likeness (QED) is 0.695. The van der Waals surface area contributed by atoms with Crippen LogP contribution in [0.1, 0.15) is 31.2 Å². The number of amides is 1. The number of rotatable bonds is 6. The Morgan fingerprint density at radius 3 is 2.39 bits per heavy atom. The average Bonchev–Trinajstić information content (AvgIpc) is 2.66. The van der Waals surface area contributed by atoms with Gasteiger partial charge in [-0.3, -0.25) is 9.69 Å². The minimum absolute atomic E-state index is 0. The number of piperidine rings is 2. The summed E-state index contributed by atoms with van der Waals surface area (Å²) in [4.78, 5) is 15.4. The lowest BCUT2D eigenvalue weighted by Gasteiger charge is -2.38. The van der Waals surface area contributed by atoms with E-state index in [-0.39, 0.29) is 42.2 Å². The summed E-state index contributed by atoms with van der Waals surface area (Å²) in [7, 11) is 1.69. The fourth-order valence-electron chi connectivity index (χ4n) is 4.04. The fraction of sp³-hybridized carbons (Fsp3) is 0.650. The molecule has 0 saturated carbocycles. The standard InChI is InChI=1S/C20H30ClN3O2.2ClH/c1-26-15-20(8-10-22-11-9-20)19(25)23-18-6-12-24(13-7-18)14-16-2-4-17(21)5-3-16;;/h2-5,18,22H,6-15H2,1H3,(H,23,25);2*1H. The Balaban J connectivity index is 0.00000196. The van der Waals surface area contributed by atoms with Crippen molar-refractivity contribution in [1.82, 2.24) is 15.5 Å². The molecule has 0 radical (unpaired) electrons. The van der Waals surface area contributed by atoms with Crippen LogP contribution in [0.4, 0.5) is 0 Å². The van der Waals surface area contributed by atoms with Gasteiger partial charge < -0.3 is 15.4 Å². The molecule has 0 spiro atoms. The van der Waals surface area contributed by atoms with Gasteiger partial charge in [0.1, 0.15) is 0 Å². The maximum absolute atomic E-state index is 12.9. The summed E-state index contributed by atoms with van der Waals surface area (Å²) in [6.45, 7) is 5.23. The largest absolute Gasteiger partial charge is 0.384 e. The van der Waals surface area contributed by atoms with E-state index >= 15 is 0 Å². The van der Waals surface area contributed by atoms with Crippen LogP contribution in [0, 0.1) is 5.41 Å². The van der Waals surface area contributed by atoms with Crippen molar-refractivity contribution < 1.29 is 9.53 Å². The van der Waals surface area contributed by atoms with Crippen molar-refractivity contribution in [3.05, 3.63) is 34.9 Å². The van der Waals surface area contributed by atoms with E-state index in [2.05, 4.69) is 27.7 Å². The van der Waals surface area contributed by atoms with Crippen LogP contribution in [0.5, 0.6) is 0 Å². The molecule has 0 aliphatic carbocycles. The molecule has 1 amide bonds. The number of hydrogen-bond donors (Lipinski definition) is 2. The molecule has 2 heterocycles. The SMILES string of the molecule is COCC1(C(=O)NC2CCN(Cc3ccc(Cl)cc3)CC2)CCNCC1.Cl.Cl. The van der Waals surface area contributed by atoms with E-state index in [0.29, 0.717) is 6.61 Å². The Morgan fingerprint density at radius 2 is 1.82 bits per heavy atom. The third-order valence-electron chi connectivity index (χ3n) is 5.71. The lowest BCUT2D eigenvalue weighted by molar-refractivity contribution is -0.137. The molecule has 3 rings (SSSR count). The summed E-state index contributed by atoms with van der Waals surface area (Å²) in [6.07, 6.45) is 3.70. The van der Waals surface area contributed by atoms with Crippen LogP contribution in [0.25, 0.3) is 0 Å². The fourth-order valence-corrected chi connectivity index (χ4v) is 4.17. The predicted molar refractivity (Wildman–Crippen MR) is 119 cm³/mol. The monoisotopic (exact) mass is 451 g/mol. The van der Waals surface area contributed by atoms with Crippen molar-refractivity contribution in [2.24, 2.45) is 5.41 Å². The van der Waals surface area contributed by atoms with Crippen LogP contribution < -0.4 is 10.6 Å². The van der Waals surface area contributed by atoms with Gasteiger partial charge >= 0.3 is 0 Å². The first-order valence-corrected chi connectivity index (χ1v) is 9.96. The van der Waals surface area contributed by atoms with Crippen LogP contribution in [0.3, 0.4) is 0 Å². The second-order valence-corrected chi connectivity index (χ2v) is 8.05. The molecule has 2 aliphatic rings. The molecule has 2 fully saturated rings. The Hall–Kier alpha value is -0.560. The van der Waals surface area contributed by atoms with Gasteiger partial charge in [0.05, 0.1) is 12.0 Å². The molecule has 28 heavy (non-hydrogen) atoms. The van der Waals surface area contributed by atoms with Crippen LogP contribution in [-0.4, -0.2) is 56.7 Å². The summed E-state index contributed by atoms with van der Waals surface area (Å²) in [5.41, 5.74) is 0.922. The number of nitrogens with one attached hydrogen (secondary N) is 2. The van der Waals surface area contributed by atoms with E-state index in [9.17, 15) is 4.79 Å². The van der Waals surface area contributed by atoms with Gasteiger partial charge in [0, 0.05) is 37.8 Å². The highest BCUT2D eigenvalue weighted by Gasteiger charge is 2.40. The second-order valence-electron chi connectivity index (χ2n) is 7.61. The predicted octanol–water partition coefficient (Wildman–Crippen LogP) is 3.28. The summed E-state index contributed by atoms with van der Waals surface area (Å²) in [5.74, 6) is 0.178. The number of hydrogen-bond acceptors (Lipinski definition) is 4. The van der Waals surface area contributed by atoms with Crippen LogP contribution >= 0.6 is 36.4 Å². The normalized spacial score (nSPS) is 19.9. The maximum Gasteiger partial charge on any atom is 0.228 e. The highest BCUT2D eigenvalue weighted by molar-refractivity contribution is 6.30. The molecule has 0 bridgehead atoms. The minimum atomic E-state index is -0.361. The second kappa shape index (κ2) is 12.2. The van der Waals surface area contributed by atoms with Gasteiger partial charge in [-0.2, -0.15) is 0 Å². The molecule has 2 N–H and O–H groups in total. The van der Waals surface area contributed by atoms with Gasteiger partial charge in [-0.05, 0) is 56.5 Å². The molecule has 0 unspecified atom stereocenters. The Kier molecular flexibility index (Phi) is 11.1. The van der Waals surface area contributed by atoms with E-state index in [4.69, 9.17) is 16.3 Å². The zero-order chi connectivity index (χ0) is 18.4. The number of carbonyl (C=O) groups excluding carboxylic acids is 1. The highest BCUT2D eigenvalue weighted by atomic mass is 35.5. The van der Waals surface area contributed by atoms with E-state index < -0.39 is 0 Å². The van der Waals surface area contributed by atoms with Gasteiger partial charge in [0.2, 0.25) is 5.91 Å². The van der Waals surface area contributed by atoms with Crippen LogP contribution in [-0.2, 0) is 16.1 Å². The van der Waals surface area contributed by atoms with Gasteiger partial charge in [-0.15, -0.1) is 24.8 Å². The van der Waals surface area contributed by atoms with E-state index in [1.807, 2.05) is 12.1 Å². The minimum Gasteiger partial charge on any atom is -0.384 e. The first-order chi connectivity index (χ1) is 12.6. The Labute approximate surface area is 185 Å². The highest BCUT2D eigenvalue weighted by Crippen LogP contribution is 2.30. The molecule has 160 valence electrons. The van der Waals surface area contributed by atoms with Gasteiger partial charge in [0.25, 0.3) is 0 Å². The molecule has 1 aromatic rings. The van der Waals surface area contributed by atoms with Crippen molar-refractivity contribution >= 4 is 42.3 Å². The topological polar surface area (TPSA) is 53.6 Å². The smallest absolute Gasteiger partial charge is 0.228 e. The number of methoxy groups -OCH3 is 1. The number of likely N-dealkylation sites (tertiary alicyclic amines) is 1. The van der Waals surface area contributed by atoms with Gasteiger partial charge in [0.15, 0.2) is 0 Å². The van der Waals surface area contributed by atoms with Crippen molar-refractivity contribution in [2.45, 2.75) is 38.3 Å². The van der Waals surface area contributed by atoms with Gasteiger partial charge in [-0.1, -0.05) is 23.7 Å². The molecule has 5 nitrogen and oxygen atoms in total.